The van der Waals surface area contributed by atoms with Crippen molar-refractivity contribution in [1.29, 1.82) is 0 Å². The number of aliphatic hydroxyl groups excluding tert-OH is 3. The Hall–Kier alpha value is -3.15. The van der Waals surface area contributed by atoms with Crippen LogP contribution >= 0.6 is 0 Å². The number of aliphatic hydroxyl groups is 3. The van der Waals surface area contributed by atoms with Gasteiger partial charge in [-0.15, -0.1) is 0 Å². The van der Waals surface area contributed by atoms with Crippen LogP contribution in [0.1, 0.15) is 30.5 Å². The monoisotopic (exact) mass is 434 g/mol. The molecule has 0 radical (unpaired) electrons. The van der Waals surface area contributed by atoms with E-state index in [2.05, 4.69) is 16.8 Å². The Kier molecular flexibility index (Phi) is 6.88. The SMILES string of the molecule is C[C@H](O)c1nccn1C(C#Cc1ccc(-c2ccc(OC3COCC3O)cc2)cc1)CO. The lowest BCUT2D eigenvalue weighted by molar-refractivity contribution is 0.0733. The van der Waals surface area contributed by atoms with Crippen molar-refractivity contribution in [3.63, 3.8) is 0 Å². The molecular weight excluding hydrogens is 408 g/mol. The number of ether oxygens (including phenoxy) is 2. The fourth-order valence-corrected chi connectivity index (χ4v) is 3.56. The second kappa shape index (κ2) is 9.98. The third-order valence-electron chi connectivity index (χ3n) is 5.32. The highest BCUT2D eigenvalue weighted by Crippen LogP contribution is 2.24. The molecule has 1 saturated heterocycles. The van der Waals surface area contributed by atoms with Crippen LogP contribution in [0.5, 0.6) is 5.75 Å². The first-order chi connectivity index (χ1) is 15.5. The van der Waals surface area contributed by atoms with Crippen LogP contribution in [0, 0.1) is 11.8 Å². The minimum atomic E-state index is -0.742. The normalized spacial score (nSPS) is 19.8. The van der Waals surface area contributed by atoms with E-state index >= 15 is 0 Å². The van der Waals surface area contributed by atoms with Gasteiger partial charge in [0.25, 0.3) is 0 Å². The van der Waals surface area contributed by atoms with Crippen LogP contribution in [0.15, 0.2) is 60.9 Å². The van der Waals surface area contributed by atoms with Gasteiger partial charge < -0.3 is 29.4 Å². The Morgan fingerprint density at radius 3 is 2.41 bits per heavy atom. The van der Waals surface area contributed by atoms with E-state index in [0.29, 0.717) is 24.8 Å². The summed E-state index contributed by atoms with van der Waals surface area (Å²) in [6.07, 6.45) is 1.62. The molecule has 2 aromatic carbocycles. The summed E-state index contributed by atoms with van der Waals surface area (Å²) in [7, 11) is 0. The highest BCUT2D eigenvalue weighted by atomic mass is 16.6. The van der Waals surface area contributed by atoms with Crippen molar-refractivity contribution in [2.24, 2.45) is 0 Å². The predicted molar refractivity (Wildman–Crippen MR) is 119 cm³/mol. The second-order valence-electron chi connectivity index (χ2n) is 7.70. The molecule has 1 fully saturated rings. The molecule has 3 N–H and O–H groups in total. The number of hydrogen-bond donors (Lipinski definition) is 3. The fraction of sp³-hybridized carbons (Fsp3) is 0.320. The lowest BCUT2D eigenvalue weighted by Gasteiger charge is -2.15. The summed E-state index contributed by atoms with van der Waals surface area (Å²) in [5, 5.41) is 29.4. The highest BCUT2D eigenvalue weighted by Gasteiger charge is 2.27. The molecule has 4 rings (SSSR count). The standard InChI is InChI=1S/C25H26N2O5/c1-17(29)25-26-12-13-27(25)21(14-28)9-4-18-2-5-19(6-3-18)20-7-10-22(11-8-20)32-24-16-31-15-23(24)30/h2-3,5-8,10-13,17,21,23-24,28-30H,14-16H2,1H3/t17-,21?,23?,24?/m0/s1. The van der Waals surface area contributed by atoms with Crippen LogP contribution in [0.2, 0.25) is 0 Å². The number of hydrogen-bond acceptors (Lipinski definition) is 6. The number of rotatable bonds is 6. The largest absolute Gasteiger partial charge is 0.485 e. The minimum absolute atomic E-state index is 0.181. The van der Waals surface area contributed by atoms with Gasteiger partial charge in [0.05, 0.1) is 19.8 Å². The predicted octanol–water partition coefficient (Wildman–Crippen LogP) is 2.33. The number of imidazole rings is 1. The van der Waals surface area contributed by atoms with Crippen LogP contribution in [0.4, 0.5) is 0 Å². The first-order valence-electron chi connectivity index (χ1n) is 10.5. The van der Waals surface area contributed by atoms with Gasteiger partial charge in [0.1, 0.15) is 35.9 Å². The summed E-state index contributed by atoms with van der Waals surface area (Å²) in [6.45, 7) is 2.15. The molecule has 4 atom stereocenters. The summed E-state index contributed by atoms with van der Waals surface area (Å²) in [5.74, 6) is 7.30. The summed E-state index contributed by atoms with van der Waals surface area (Å²) >= 11 is 0. The molecule has 7 heteroatoms. The Morgan fingerprint density at radius 2 is 1.81 bits per heavy atom. The molecule has 3 unspecified atom stereocenters. The van der Waals surface area contributed by atoms with Gasteiger partial charge in [-0.05, 0) is 42.3 Å². The van der Waals surface area contributed by atoms with Crippen LogP contribution in [0.25, 0.3) is 11.1 Å². The van der Waals surface area contributed by atoms with E-state index in [9.17, 15) is 15.3 Å². The van der Waals surface area contributed by atoms with E-state index in [4.69, 9.17) is 9.47 Å². The van der Waals surface area contributed by atoms with Crippen molar-refractivity contribution in [2.75, 3.05) is 19.8 Å². The van der Waals surface area contributed by atoms with E-state index in [1.165, 1.54) is 0 Å². The maximum Gasteiger partial charge on any atom is 0.150 e. The van der Waals surface area contributed by atoms with Crippen molar-refractivity contribution < 1.29 is 24.8 Å². The third-order valence-corrected chi connectivity index (χ3v) is 5.32. The minimum Gasteiger partial charge on any atom is -0.485 e. The van der Waals surface area contributed by atoms with Crippen LogP contribution in [-0.4, -0.2) is 56.9 Å². The molecule has 7 nitrogen and oxygen atoms in total. The summed E-state index contributed by atoms with van der Waals surface area (Å²) in [4.78, 5) is 4.13. The smallest absolute Gasteiger partial charge is 0.150 e. The zero-order valence-electron chi connectivity index (χ0n) is 17.8. The fourth-order valence-electron chi connectivity index (χ4n) is 3.56. The topological polar surface area (TPSA) is 97.0 Å². The molecule has 0 amide bonds. The zero-order valence-corrected chi connectivity index (χ0v) is 17.8. The van der Waals surface area contributed by atoms with E-state index in [1.54, 1.807) is 23.9 Å². The molecule has 0 spiro atoms. The Labute approximate surface area is 186 Å². The van der Waals surface area contributed by atoms with Crippen molar-refractivity contribution in [2.45, 2.75) is 31.3 Å². The van der Waals surface area contributed by atoms with Crippen molar-refractivity contribution in [3.8, 4) is 28.7 Å². The van der Waals surface area contributed by atoms with Crippen LogP contribution in [0.3, 0.4) is 0 Å². The van der Waals surface area contributed by atoms with Crippen LogP contribution < -0.4 is 4.74 Å². The molecule has 1 aromatic heterocycles. The van der Waals surface area contributed by atoms with E-state index in [0.717, 1.165) is 16.7 Å². The van der Waals surface area contributed by atoms with Gasteiger partial charge in [0, 0.05) is 18.0 Å². The van der Waals surface area contributed by atoms with Crippen molar-refractivity contribution in [3.05, 3.63) is 72.3 Å². The van der Waals surface area contributed by atoms with E-state index in [1.807, 2.05) is 48.5 Å². The van der Waals surface area contributed by atoms with E-state index < -0.39 is 18.2 Å². The molecule has 2 heterocycles. The Bertz CT molecular complexity index is 1080. The lowest BCUT2D eigenvalue weighted by atomic mass is 10.0. The second-order valence-corrected chi connectivity index (χ2v) is 7.70. The number of nitrogens with zero attached hydrogens (tertiary/aromatic N) is 2. The van der Waals surface area contributed by atoms with Crippen molar-refractivity contribution in [1.82, 2.24) is 9.55 Å². The van der Waals surface area contributed by atoms with Gasteiger partial charge >= 0.3 is 0 Å². The highest BCUT2D eigenvalue weighted by molar-refractivity contribution is 5.65. The number of aromatic nitrogens is 2. The Morgan fingerprint density at radius 1 is 1.12 bits per heavy atom. The summed E-state index contributed by atoms with van der Waals surface area (Å²) in [5.41, 5.74) is 2.89. The third kappa shape index (κ3) is 5.01. The maximum absolute atomic E-state index is 9.82. The van der Waals surface area contributed by atoms with E-state index in [-0.39, 0.29) is 12.7 Å². The Balaban J connectivity index is 1.44. The van der Waals surface area contributed by atoms with Gasteiger partial charge in [-0.1, -0.05) is 36.1 Å². The van der Waals surface area contributed by atoms with Gasteiger partial charge in [-0.2, -0.15) is 0 Å². The first kappa shape index (κ1) is 22.1. The maximum atomic E-state index is 9.82. The van der Waals surface area contributed by atoms with Gasteiger partial charge in [0.2, 0.25) is 0 Å². The zero-order chi connectivity index (χ0) is 22.5. The average Bonchev–Trinajstić information content (AvgIpc) is 3.45. The molecule has 32 heavy (non-hydrogen) atoms. The molecular formula is C25H26N2O5. The van der Waals surface area contributed by atoms with Crippen LogP contribution in [-0.2, 0) is 4.74 Å². The lowest BCUT2D eigenvalue weighted by Crippen LogP contribution is -2.29. The van der Waals surface area contributed by atoms with Gasteiger partial charge in [-0.3, -0.25) is 0 Å². The average molecular weight is 434 g/mol. The first-order valence-corrected chi connectivity index (χ1v) is 10.5. The molecule has 0 bridgehead atoms. The summed E-state index contributed by atoms with van der Waals surface area (Å²) < 4.78 is 12.7. The number of benzene rings is 2. The quantitative estimate of drug-likeness (QED) is 0.516. The molecule has 166 valence electrons. The summed E-state index contributed by atoms with van der Waals surface area (Å²) in [6, 6.07) is 15.0. The molecule has 1 aliphatic rings. The molecule has 1 aliphatic heterocycles. The van der Waals surface area contributed by atoms with Gasteiger partial charge in [0.15, 0.2) is 0 Å². The molecule has 0 saturated carbocycles. The van der Waals surface area contributed by atoms with Crippen molar-refractivity contribution >= 4 is 0 Å². The molecule has 0 aliphatic carbocycles. The molecule has 3 aromatic rings. The van der Waals surface area contributed by atoms with Gasteiger partial charge in [-0.25, -0.2) is 4.98 Å².